The lowest BCUT2D eigenvalue weighted by atomic mass is 9.83. The third kappa shape index (κ3) is 4.96. The molecule has 1 atom stereocenters. The van der Waals surface area contributed by atoms with Gasteiger partial charge < -0.3 is 10.6 Å². The summed E-state index contributed by atoms with van der Waals surface area (Å²) in [5.74, 6) is 0.253. The molecule has 4 heteroatoms. The van der Waals surface area contributed by atoms with Crippen LogP contribution in [-0.2, 0) is 4.79 Å². The molecule has 0 aromatic heterocycles. The molecular weight excluding hydrogens is 260 g/mol. The second kappa shape index (κ2) is 8.11. The molecule has 1 saturated heterocycles. The molecule has 0 aromatic rings. The summed E-state index contributed by atoms with van der Waals surface area (Å²) in [5.41, 5.74) is 0.418. The van der Waals surface area contributed by atoms with Crippen LogP contribution in [-0.4, -0.2) is 25.0 Å². The molecular formula is C15H29ClN2O. The normalized spacial score (nSPS) is 25.0. The average Bonchev–Trinajstić information content (AvgIpc) is 3.06. The Morgan fingerprint density at radius 1 is 1.32 bits per heavy atom. The molecule has 1 amide bonds. The van der Waals surface area contributed by atoms with Gasteiger partial charge in [0.25, 0.3) is 0 Å². The Morgan fingerprint density at radius 3 is 2.63 bits per heavy atom. The van der Waals surface area contributed by atoms with Gasteiger partial charge in [-0.15, -0.1) is 12.4 Å². The highest BCUT2D eigenvalue weighted by Gasteiger charge is 2.32. The van der Waals surface area contributed by atoms with E-state index in [4.69, 9.17) is 0 Å². The largest absolute Gasteiger partial charge is 0.356 e. The van der Waals surface area contributed by atoms with Crippen LogP contribution < -0.4 is 10.6 Å². The Morgan fingerprint density at radius 2 is 2.05 bits per heavy atom. The SMILES string of the molecule is CCC1(CNC(=O)CCC2CCCN2)CCCC1.Cl. The lowest BCUT2D eigenvalue weighted by Crippen LogP contribution is -2.36. The molecule has 3 nitrogen and oxygen atoms in total. The van der Waals surface area contributed by atoms with Crippen LogP contribution in [0.2, 0.25) is 0 Å². The minimum absolute atomic E-state index is 0. The number of hydrogen-bond acceptors (Lipinski definition) is 2. The fourth-order valence-electron chi connectivity index (χ4n) is 3.46. The van der Waals surface area contributed by atoms with Crippen molar-refractivity contribution in [1.82, 2.24) is 10.6 Å². The molecule has 2 aliphatic rings. The maximum absolute atomic E-state index is 11.9. The van der Waals surface area contributed by atoms with Crippen molar-refractivity contribution in [2.75, 3.05) is 13.1 Å². The van der Waals surface area contributed by atoms with E-state index < -0.39 is 0 Å². The van der Waals surface area contributed by atoms with E-state index in [0.717, 1.165) is 19.5 Å². The van der Waals surface area contributed by atoms with E-state index in [1.54, 1.807) is 0 Å². The van der Waals surface area contributed by atoms with E-state index >= 15 is 0 Å². The quantitative estimate of drug-likeness (QED) is 0.789. The molecule has 1 unspecified atom stereocenters. The molecule has 1 heterocycles. The summed E-state index contributed by atoms with van der Waals surface area (Å²) in [6, 6.07) is 0.586. The van der Waals surface area contributed by atoms with Gasteiger partial charge in [0.1, 0.15) is 0 Å². The van der Waals surface area contributed by atoms with Crippen LogP contribution >= 0.6 is 12.4 Å². The summed E-state index contributed by atoms with van der Waals surface area (Å²) < 4.78 is 0. The van der Waals surface area contributed by atoms with Crippen molar-refractivity contribution in [2.45, 2.75) is 70.8 Å². The molecule has 0 bridgehead atoms. The summed E-state index contributed by atoms with van der Waals surface area (Å²) in [7, 11) is 0. The highest BCUT2D eigenvalue weighted by Crippen LogP contribution is 2.40. The van der Waals surface area contributed by atoms with Crippen LogP contribution in [0.4, 0.5) is 0 Å². The Hall–Kier alpha value is -0.280. The van der Waals surface area contributed by atoms with Crippen molar-refractivity contribution >= 4 is 18.3 Å². The topological polar surface area (TPSA) is 41.1 Å². The van der Waals surface area contributed by atoms with E-state index in [2.05, 4.69) is 17.6 Å². The zero-order valence-electron chi connectivity index (χ0n) is 12.2. The maximum atomic E-state index is 11.9. The van der Waals surface area contributed by atoms with Gasteiger partial charge in [0, 0.05) is 19.0 Å². The number of rotatable bonds is 6. The summed E-state index contributed by atoms with van der Waals surface area (Å²) >= 11 is 0. The molecule has 2 fully saturated rings. The van der Waals surface area contributed by atoms with E-state index in [1.165, 1.54) is 44.9 Å². The molecule has 0 radical (unpaired) electrons. The monoisotopic (exact) mass is 288 g/mol. The van der Waals surface area contributed by atoms with Crippen LogP contribution in [0, 0.1) is 5.41 Å². The zero-order chi connectivity index (χ0) is 12.8. The molecule has 1 aliphatic carbocycles. The van der Waals surface area contributed by atoms with Crippen LogP contribution in [0.25, 0.3) is 0 Å². The molecule has 0 spiro atoms. The van der Waals surface area contributed by atoms with E-state index in [1.807, 2.05) is 0 Å². The highest BCUT2D eigenvalue weighted by molar-refractivity contribution is 5.85. The molecule has 2 rings (SSSR count). The standard InChI is InChI=1S/C15H28N2O.ClH/c1-2-15(9-3-4-10-15)12-17-14(18)8-7-13-6-5-11-16-13;/h13,16H,2-12H2,1H3,(H,17,18);1H. The first-order valence-electron chi connectivity index (χ1n) is 7.74. The van der Waals surface area contributed by atoms with Gasteiger partial charge in [-0.3, -0.25) is 4.79 Å². The van der Waals surface area contributed by atoms with Gasteiger partial charge in [-0.05, 0) is 50.5 Å². The van der Waals surface area contributed by atoms with Crippen LogP contribution in [0.1, 0.15) is 64.7 Å². The summed E-state index contributed by atoms with van der Waals surface area (Å²) in [4.78, 5) is 11.9. The number of carbonyl (C=O) groups excluding carboxylic acids is 1. The zero-order valence-corrected chi connectivity index (χ0v) is 13.0. The summed E-state index contributed by atoms with van der Waals surface area (Å²) in [6.45, 7) is 4.30. The molecule has 2 N–H and O–H groups in total. The molecule has 19 heavy (non-hydrogen) atoms. The minimum Gasteiger partial charge on any atom is -0.356 e. The number of amides is 1. The number of halogens is 1. The number of nitrogens with one attached hydrogen (secondary N) is 2. The molecule has 1 saturated carbocycles. The predicted molar refractivity (Wildman–Crippen MR) is 81.7 cm³/mol. The lowest BCUT2D eigenvalue weighted by Gasteiger charge is -2.27. The van der Waals surface area contributed by atoms with Crippen molar-refractivity contribution < 1.29 is 4.79 Å². The van der Waals surface area contributed by atoms with Gasteiger partial charge in [-0.2, -0.15) is 0 Å². The predicted octanol–water partition coefficient (Wildman–Crippen LogP) is 3.03. The second-order valence-electron chi connectivity index (χ2n) is 6.17. The molecule has 0 aromatic carbocycles. The highest BCUT2D eigenvalue weighted by atomic mass is 35.5. The van der Waals surface area contributed by atoms with E-state index in [0.29, 0.717) is 17.9 Å². The van der Waals surface area contributed by atoms with Gasteiger partial charge in [-0.25, -0.2) is 0 Å². The van der Waals surface area contributed by atoms with Crippen molar-refractivity contribution in [3.05, 3.63) is 0 Å². The third-order valence-corrected chi connectivity index (χ3v) is 4.96. The number of hydrogen-bond donors (Lipinski definition) is 2. The molecule has 112 valence electrons. The van der Waals surface area contributed by atoms with Gasteiger partial charge >= 0.3 is 0 Å². The van der Waals surface area contributed by atoms with Crippen LogP contribution in [0.5, 0.6) is 0 Å². The van der Waals surface area contributed by atoms with Crippen molar-refractivity contribution in [2.24, 2.45) is 5.41 Å². The first kappa shape index (κ1) is 16.8. The first-order valence-corrected chi connectivity index (χ1v) is 7.74. The van der Waals surface area contributed by atoms with Crippen molar-refractivity contribution in [3.8, 4) is 0 Å². The van der Waals surface area contributed by atoms with Gasteiger partial charge in [-0.1, -0.05) is 19.8 Å². The maximum Gasteiger partial charge on any atom is 0.220 e. The van der Waals surface area contributed by atoms with Crippen LogP contribution in [0.3, 0.4) is 0 Å². The summed E-state index contributed by atoms with van der Waals surface area (Å²) in [5, 5.41) is 6.62. The van der Waals surface area contributed by atoms with Gasteiger partial charge in [0.05, 0.1) is 0 Å². The fourth-order valence-corrected chi connectivity index (χ4v) is 3.46. The fraction of sp³-hybridized carbons (Fsp3) is 0.933. The van der Waals surface area contributed by atoms with E-state index in [9.17, 15) is 4.79 Å². The Balaban J connectivity index is 0.00000180. The lowest BCUT2D eigenvalue weighted by molar-refractivity contribution is -0.121. The van der Waals surface area contributed by atoms with Crippen molar-refractivity contribution in [3.63, 3.8) is 0 Å². The first-order chi connectivity index (χ1) is 8.74. The summed E-state index contributed by atoms with van der Waals surface area (Å²) in [6.07, 6.45) is 10.7. The van der Waals surface area contributed by atoms with Gasteiger partial charge in [0.15, 0.2) is 0 Å². The Kier molecular flexibility index (Phi) is 7.16. The third-order valence-electron chi connectivity index (χ3n) is 4.96. The smallest absolute Gasteiger partial charge is 0.220 e. The van der Waals surface area contributed by atoms with Gasteiger partial charge in [0.2, 0.25) is 5.91 Å². The number of carbonyl (C=O) groups is 1. The van der Waals surface area contributed by atoms with Crippen molar-refractivity contribution in [1.29, 1.82) is 0 Å². The Bertz CT molecular complexity index is 271. The second-order valence-corrected chi connectivity index (χ2v) is 6.17. The average molecular weight is 289 g/mol. The van der Waals surface area contributed by atoms with E-state index in [-0.39, 0.29) is 18.3 Å². The van der Waals surface area contributed by atoms with Crippen LogP contribution in [0.15, 0.2) is 0 Å². The minimum atomic E-state index is 0. The Labute approximate surface area is 123 Å². The molecule has 1 aliphatic heterocycles.